The number of hydrogen-bond donors (Lipinski definition) is 3. The first kappa shape index (κ1) is 26.3. The highest BCUT2D eigenvalue weighted by Gasteiger charge is 2.20. The number of nitrogens with one attached hydrogen (secondary N) is 3. The monoisotopic (exact) mass is 481 g/mol. The number of benzene rings is 1. The molecule has 0 radical (unpaired) electrons. The minimum absolute atomic E-state index is 0.0704. The number of hydrogen-bond acceptors (Lipinski definition) is 7. The van der Waals surface area contributed by atoms with E-state index in [0.29, 0.717) is 37.0 Å². The second-order valence-electron chi connectivity index (χ2n) is 8.89. The van der Waals surface area contributed by atoms with Crippen LogP contribution in [0.4, 0.5) is 5.82 Å². The van der Waals surface area contributed by atoms with Gasteiger partial charge in [-0.15, -0.1) is 0 Å². The van der Waals surface area contributed by atoms with Gasteiger partial charge < -0.3 is 15.4 Å². The van der Waals surface area contributed by atoms with E-state index in [1.54, 1.807) is 12.3 Å². The summed E-state index contributed by atoms with van der Waals surface area (Å²) in [5.74, 6) is 0.335. The van der Waals surface area contributed by atoms with Gasteiger partial charge in [0.2, 0.25) is 5.91 Å². The molecule has 2 atom stereocenters. The van der Waals surface area contributed by atoms with Gasteiger partial charge in [0.1, 0.15) is 11.9 Å². The second kappa shape index (κ2) is 14.2. The number of amides is 2. The molecule has 1 aliphatic heterocycles. The van der Waals surface area contributed by atoms with Crippen molar-refractivity contribution in [3.63, 3.8) is 0 Å². The van der Waals surface area contributed by atoms with Crippen molar-refractivity contribution in [1.29, 1.82) is 0 Å². The third-order valence-corrected chi connectivity index (χ3v) is 5.41. The van der Waals surface area contributed by atoms with E-state index in [1.165, 1.54) is 17.8 Å². The van der Waals surface area contributed by atoms with E-state index < -0.39 is 18.2 Å². The van der Waals surface area contributed by atoms with Gasteiger partial charge in [0.15, 0.2) is 6.29 Å². The fourth-order valence-corrected chi connectivity index (χ4v) is 3.60. The van der Waals surface area contributed by atoms with Crippen molar-refractivity contribution in [2.45, 2.75) is 58.3 Å². The summed E-state index contributed by atoms with van der Waals surface area (Å²) >= 11 is 0. The van der Waals surface area contributed by atoms with E-state index in [1.807, 2.05) is 30.3 Å². The molecule has 0 aliphatic carbocycles. The molecule has 9 nitrogen and oxygen atoms in total. The standard InChI is InChI=1S/C26H35N5O4/c1-19(2)16-22(26(33)27-14-13-20-8-4-3-5-9-20)30-23-18-28-21(17-29-23)11-12-24(32)31-35-25-10-6-7-15-34-25/h3-5,8-9,11-12,17-19,22,25H,6-7,10,13-16H2,1-2H3,(H,27,33)(H,29,30)(H,31,32)/t22-,25?/m1/s1. The van der Waals surface area contributed by atoms with Crippen molar-refractivity contribution in [1.82, 2.24) is 20.8 Å². The third-order valence-electron chi connectivity index (χ3n) is 5.41. The Morgan fingerprint density at radius 3 is 2.69 bits per heavy atom. The van der Waals surface area contributed by atoms with E-state index in [-0.39, 0.29) is 5.91 Å². The Kier molecular flexibility index (Phi) is 10.7. The highest BCUT2D eigenvalue weighted by Crippen LogP contribution is 2.13. The molecule has 0 spiro atoms. The molecule has 0 saturated carbocycles. The van der Waals surface area contributed by atoms with Crippen molar-refractivity contribution in [2.24, 2.45) is 5.92 Å². The number of aromatic nitrogens is 2. The fraction of sp³-hybridized carbons (Fsp3) is 0.462. The zero-order valence-corrected chi connectivity index (χ0v) is 20.4. The molecule has 9 heteroatoms. The van der Waals surface area contributed by atoms with Gasteiger partial charge in [0.05, 0.1) is 18.1 Å². The highest BCUT2D eigenvalue weighted by atomic mass is 16.8. The highest BCUT2D eigenvalue weighted by molar-refractivity contribution is 5.90. The number of carbonyl (C=O) groups excluding carboxylic acids is 2. The Morgan fingerprint density at radius 2 is 2.00 bits per heavy atom. The lowest BCUT2D eigenvalue weighted by Crippen LogP contribution is -2.41. The van der Waals surface area contributed by atoms with Gasteiger partial charge in [0.25, 0.3) is 5.91 Å². The Labute approximate surface area is 206 Å². The summed E-state index contributed by atoms with van der Waals surface area (Å²) in [5, 5.41) is 6.20. The van der Waals surface area contributed by atoms with Gasteiger partial charge >= 0.3 is 0 Å². The molecule has 3 rings (SSSR count). The topological polar surface area (TPSA) is 114 Å². The van der Waals surface area contributed by atoms with Crippen LogP contribution in [0.2, 0.25) is 0 Å². The van der Waals surface area contributed by atoms with Gasteiger partial charge in [-0.25, -0.2) is 15.3 Å². The Morgan fingerprint density at radius 1 is 1.17 bits per heavy atom. The Balaban J connectivity index is 1.47. The average Bonchev–Trinajstić information content (AvgIpc) is 2.87. The summed E-state index contributed by atoms with van der Waals surface area (Å²) in [6, 6.07) is 9.62. The van der Waals surface area contributed by atoms with E-state index in [9.17, 15) is 9.59 Å². The van der Waals surface area contributed by atoms with Gasteiger partial charge in [-0.05, 0) is 43.2 Å². The van der Waals surface area contributed by atoms with E-state index in [0.717, 1.165) is 25.7 Å². The summed E-state index contributed by atoms with van der Waals surface area (Å²) in [6.45, 7) is 5.34. The van der Waals surface area contributed by atoms with Crippen LogP contribution in [0, 0.1) is 5.92 Å². The summed E-state index contributed by atoms with van der Waals surface area (Å²) in [7, 11) is 0. The first-order chi connectivity index (χ1) is 17.0. The van der Waals surface area contributed by atoms with E-state index in [2.05, 4.69) is 39.9 Å². The Hall–Kier alpha value is -3.30. The molecule has 1 aliphatic rings. The summed E-state index contributed by atoms with van der Waals surface area (Å²) in [6.07, 6.45) is 9.76. The smallest absolute Gasteiger partial charge is 0.267 e. The van der Waals surface area contributed by atoms with Crippen LogP contribution in [-0.4, -0.2) is 47.3 Å². The predicted molar refractivity (Wildman–Crippen MR) is 134 cm³/mol. The zero-order valence-electron chi connectivity index (χ0n) is 20.4. The third kappa shape index (κ3) is 9.84. The largest absolute Gasteiger partial charge is 0.357 e. The number of nitrogens with zero attached hydrogens (tertiary/aromatic N) is 2. The fourth-order valence-electron chi connectivity index (χ4n) is 3.60. The van der Waals surface area contributed by atoms with Crippen molar-refractivity contribution in [3.05, 3.63) is 60.1 Å². The van der Waals surface area contributed by atoms with Crippen LogP contribution in [0.5, 0.6) is 0 Å². The maximum Gasteiger partial charge on any atom is 0.267 e. The van der Waals surface area contributed by atoms with Gasteiger partial charge in [-0.2, -0.15) is 0 Å². The van der Waals surface area contributed by atoms with Crippen LogP contribution in [0.1, 0.15) is 50.8 Å². The molecule has 2 aromatic rings. The molecule has 2 amide bonds. The van der Waals surface area contributed by atoms with Crippen LogP contribution in [-0.2, 0) is 25.6 Å². The van der Waals surface area contributed by atoms with E-state index >= 15 is 0 Å². The molecular formula is C26H35N5O4. The molecular weight excluding hydrogens is 446 g/mol. The molecule has 0 bridgehead atoms. The second-order valence-corrected chi connectivity index (χ2v) is 8.89. The zero-order chi connectivity index (χ0) is 24.9. The SMILES string of the molecule is CC(C)C[C@@H](Nc1cnc(C=CC(=O)NOC2CCCCO2)cn1)C(=O)NCCc1ccccc1. The Bertz CT molecular complexity index is 944. The number of rotatable bonds is 12. The number of ether oxygens (including phenoxy) is 1. The van der Waals surface area contributed by atoms with Crippen molar-refractivity contribution >= 4 is 23.7 Å². The number of anilines is 1. The van der Waals surface area contributed by atoms with E-state index in [4.69, 9.17) is 9.57 Å². The molecule has 1 saturated heterocycles. The first-order valence-corrected chi connectivity index (χ1v) is 12.1. The van der Waals surface area contributed by atoms with Crippen LogP contribution in [0.25, 0.3) is 6.08 Å². The maximum absolute atomic E-state index is 12.8. The van der Waals surface area contributed by atoms with Crippen molar-refractivity contribution in [2.75, 3.05) is 18.5 Å². The minimum atomic E-state index is -0.425. The summed E-state index contributed by atoms with van der Waals surface area (Å²) < 4.78 is 5.40. The average molecular weight is 482 g/mol. The van der Waals surface area contributed by atoms with Crippen molar-refractivity contribution in [3.8, 4) is 0 Å². The van der Waals surface area contributed by atoms with Crippen LogP contribution >= 0.6 is 0 Å². The molecule has 35 heavy (non-hydrogen) atoms. The lowest BCUT2D eigenvalue weighted by atomic mass is 10.0. The normalized spacial score (nSPS) is 16.7. The maximum atomic E-state index is 12.8. The first-order valence-electron chi connectivity index (χ1n) is 12.1. The molecule has 1 fully saturated rings. The van der Waals surface area contributed by atoms with Crippen LogP contribution in [0.3, 0.4) is 0 Å². The molecule has 1 aromatic carbocycles. The van der Waals surface area contributed by atoms with Gasteiger partial charge in [0, 0.05) is 25.6 Å². The molecule has 3 N–H and O–H groups in total. The quantitative estimate of drug-likeness (QED) is 0.315. The van der Waals surface area contributed by atoms with Crippen LogP contribution < -0.4 is 16.1 Å². The predicted octanol–water partition coefficient (Wildman–Crippen LogP) is 3.25. The number of hydroxylamine groups is 1. The summed E-state index contributed by atoms with van der Waals surface area (Å²) in [5.41, 5.74) is 4.05. The van der Waals surface area contributed by atoms with Gasteiger partial charge in [-0.1, -0.05) is 44.2 Å². The molecule has 188 valence electrons. The van der Waals surface area contributed by atoms with Gasteiger partial charge in [-0.3, -0.25) is 14.6 Å². The summed E-state index contributed by atoms with van der Waals surface area (Å²) in [4.78, 5) is 38.6. The molecule has 1 aromatic heterocycles. The lowest BCUT2D eigenvalue weighted by molar-refractivity contribution is -0.198. The lowest BCUT2D eigenvalue weighted by Gasteiger charge is -2.21. The van der Waals surface area contributed by atoms with Crippen LogP contribution in [0.15, 0.2) is 48.8 Å². The van der Waals surface area contributed by atoms with Crippen molar-refractivity contribution < 1.29 is 19.2 Å². The minimum Gasteiger partial charge on any atom is -0.357 e. The number of carbonyl (C=O) groups is 2. The molecule has 2 heterocycles. The molecule has 1 unspecified atom stereocenters.